The van der Waals surface area contributed by atoms with Crippen LogP contribution in [0.25, 0.3) is 0 Å². The summed E-state index contributed by atoms with van der Waals surface area (Å²) in [4.78, 5) is 0. The van der Waals surface area contributed by atoms with Gasteiger partial charge in [-0.3, -0.25) is 0 Å². The number of nitrogens with one attached hydrogen (secondary N) is 1. The van der Waals surface area contributed by atoms with Crippen LogP contribution in [0.5, 0.6) is 5.75 Å². The first kappa shape index (κ1) is 11.1. The Hall–Kier alpha value is -2.03. The predicted molar refractivity (Wildman–Crippen MR) is 69.6 cm³/mol. The van der Waals surface area contributed by atoms with Gasteiger partial charge < -0.3 is 10.1 Å². The lowest BCUT2D eigenvalue weighted by Crippen LogP contribution is -2.12. The van der Waals surface area contributed by atoms with Gasteiger partial charge in [-0.1, -0.05) is 30.3 Å². The molecule has 1 atom stereocenters. The van der Waals surface area contributed by atoms with Crippen LogP contribution in [0, 0.1) is 5.82 Å². The van der Waals surface area contributed by atoms with Crippen molar-refractivity contribution in [1.82, 2.24) is 0 Å². The van der Waals surface area contributed by atoms with E-state index >= 15 is 0 Å². The number of para-hydroxylation sites is 2. The van der Waals surface area contributed by atoms with E-state index in [1.165, 1.54) is 11.6 Å². The van der Waals surface area contributed by atoms with Crippen molar-refractivity contribution in [3.8, 4) is 5.75 Å². The number of halogens is 1. The maximum Gasteiger partial charge on any atom is 0.165 e. The Morgan fingerprint density at radius 3 is 2.78 bits per heavy atom. The third-order valence-electron chi connectivity index (χ3n) is 3.22. The van der Waals surface area contributed by atoms with Crippen LogP contribution in [0.1, 0.15) is 11.5 Å². The maximum atomic E-state index is 13.4. The van der Waals surface area contributed by atoms with Crippen molar-refractivity contribution in [2.45, 2.75) is 5.92 Å². The number of benzene rings is 2. The third kappa shape index (κ3) is 2.04. The van der Waals surface area contributed by atoms with E-state index in [4.69, 9.17) is 4.74 Å². The van der Waals surface area contributed by atoms with Gasteiger partial charge in [0.25, 0.3) is 0 Å². The van der Waals surface area contributed by atoms with E-state index in [0.29, 0.717) is 12.4 Å². The molecular formula is C15H14FNO. The molecule has 0 aliphatic carbocycles. The summed E-state index contributed by atoms with van der Waals surface area (Å²) in [7, 11) is 0. The molecule has 0 amide bonds. The molecule has 2 aromatic rings. The number of hydrogen-bond acceptors (Lipinski definition) is 2. The van der Waals surface area contributed by atoms with Crippen molar-refractivity contribution in [2.24, 2.45) is 0 Å². The fourth-order valence-corrected chi connectivity index (χ4v) is 2.26. The second kappa shape index (κ2) is 4.69. The molecule has 0 saturated carbocycles. The topological polar surface area (TPSA) is 21.3 Å². The Bertz CT molecular complexity index is 556. The monoisotopic (exact) mass is 243 g/mol. The third-order valence-corrected chi connectivity index (χ3v) is 3.22. The first-order chi connectivity index (χ1) is 8.84. The molecule has 18 heavy (non-hydrogen) atoms. The lowest BCUT2D eigenvalue weighted by molar-refractivity contribution is 0.282. The molecule has 92 valence electrons. The van der Waals surface area contributed by atoms with E-state index in [1.54, 1.807) is 18.2 Å². The minimum absolute atomic E-state index is 0.279. The molecule has 0 aromatic heterocycles. The van der Waals surface area contributed by atoms with Crippen molar-refractivity contribution >= 4 is 5.69 Å². The lowest BCUT2D eigenvalue weighted by Gasteiger charge is -2.12. The molecule has 2 aromatic carbocycles. The molecule has 0 saturated heterocycles. The Morgan fingerprint density at radius 1 is 1.11 bits per heavy atom. The Kier molecular flexibility index (Phi) is 2.89. The van der Waals surface area contributed by atoms with Crippen molar-refractivity contribution in [1.29, 1.82) is 0 Å². The van der Waals surface area contributed by atoms with Gasteiger partial charge in [-0.15, -0.1) is 0 Å². The zero-order valence-corrected chi connectivity index (χ0v) is 9.90. The van der Waals surface area contributed by atoms with Crippen LogP contribution in [0.3, 0.4) is 0 Å². The van der Waals surface area contributed by atoms with Gasteiger partial charge in [-0.25, -0.2) is 4.39 Å². The average molecular weight is 243 g/mol. The van der Waals surface area contributed by atoms with E-state index in [2.05, 4.69) is 17.4 Å². The molecule has 3 rings (SSSR count). The van der Waals surface area contributed by atoms with Crippen LogP contribution in [0.2, 0.25) is 0 Å². The smallest absolute Gasteiger partial charge is 0.165 e. The van der Waals surface area contributed by atoms with Crippen LogP contribution in [0.15, 0.2) is 48.5 Å². The Morgan fingerprint density at radius 2 is 1.89 bits per heavy atom. The predicted octanol–water partition coefficient (Wildman–Crippen LogP) is 3.41. The molecule has 0 radical (unpaired) electrons. The van der Waals surface area contributed by atoms with Crippen molar-refractivity contribution in [2.75, 3.05) is 18.5 Å². The molecule has 0 spiro atoms. The Labute approximate surface area is 105 Å². The van der Waals surface area contributed by atoms with E-state index in [9.17, 15) is 4.39 Å². The molecule has 1 heterocycles. The number of rotatable bonds is 3. The number of ether oxygens (including phenoxy) is 1. The van der Waals surface area contributed by atoms with Crippen LogP contribution >= 0.6 is 0 Å². The molecule has 1 aliphatic rings. The highest BCUT2D eigenvalue weighted by molar-refractivity contribution is 5.57. The van der Waals surface area contributed by atoms with Crippen LogP contribution in [-0.4, -0.2) is 13.2 Å². The normalized spacial score (nSPS) is 17.1. The van der Waals surface area contributed by atoms with Gasteiger partial charge in [0.05, 0.1) is 6.61 Å². The molecule has 1 aliphatic heterocycles. The van der Waals surface area contributed by atoms with Crippen LogP contribution in [-0.2, 0) is 0 Å². The van der Waals surface area contributed by atoms with Gasteiger partial charge >= 0.3 is 0 Å². The zero-order valence-electron chi connectivity index (χ0n) is 9.90. The summed E-state index contributed by atoms with van der Waals surface area (Å²) in [6, 6.07) is 14.7. The minimum atomic E-state index is -0.309. The largest absolute Gasteiger partial charge is 0.490 e. The molecule has 0 bridgehead atoms. The summed E-state index contributed by atoms with van der Waals surface area (Å²) in [6.45, 7) is 1.33. The van der Waals surface area contributed by atoms with E-state index in [0.717, 1.165) is 12.2 Å². The molecule has 1 unspecified atom stereocenters. The van der Waals surface area contributed by atoms with Gasteiger partial charge in [0.2, 0.25) is 0 Å². The van der Waals surface area contributed by atoms with Gasteiger partial charge in [-0.2, -0.15) is 0 Å². The minimum Gasteiger partial charge on any atom is -0.490 e. The Balaban J connectivity index is 1.71. The first-order valence-corrected chi connectivity index (χ1v) is 6.05. The van der Waals surface area contributed by atoms with Crippen molar-refractivity contribution in [3.63, 3.8) is 0 Å². The summed E-state index contributed by atoms with van der Waals surface area (Å²) in [5.74, 6) is 0.291. The second-order valence-electron chi connectivity index (χ2n) is 4.41. The highest BCUT2D eigenvalue weighted by Crippen LogP contribution is 2.31. The fraction of sp³-hybridized carbons (Fsp3) is 0.200. The summed E-state index contributed by atoms with van der Waals surface area (Å²) in [5, 5.41) is 3.33. The van der Waals surface area contributed by atoms with E-state index in [1.807, 2.05) is 12.1 Å². The van der Waals surface area contributed by atoms with Gasteiger partial charge in [0.1, 0.15) is 0 Å². The summed E-state index contributed by atoms with van der Waals surface area (Å²) in [5.41, 5.74) is 2.40. The van der Waals surface area contributed by atoms with Crippen LogP contribution in [0.4, 0.5) is 10.1 Å². The van der Waals surface area contributed by atoms with E-state index in [-0.39, 0.29) is 11.7 Å². The number of fused-ring (bicyclic) bond motifs is 1. The maximum absolute atomic E-state index is 13.4. The highest BCUT2D eigenvalue weighted by Gasteiger charge is 2.22. The quantitative estimate of drug-likeness (QED) is 0.892. The lowest BCUT2D eigenvalue weighted by atomic mass is 10.0. The standard InChI is InChI=1S/C15H14FNO/c16-13-6-2-4-8-15(13)18-10-11-9-17-14-7-3-1-5-12(11)14/h1-8,11,17H,9-10H2. The molecule has 1 N–H and O–H groups in total. The SMILES string of the molecule is Fc1ccccc1OCC1CNc2ccccc21. The molecule has 3 heteroatoms. The van der Waals surface area contributed by atoms with Crippen LogP contribution < -0.4 is 10.1 Å². The van der Waals surface area contributed by atoms with E-state index < -0.39 is 0 Å². The fourth-order valence-electron chi connectivity index (χ4n) is 2.26. The molecule has 2 nitrogen and oxygen atoms in total. The summed E-state index contributed by atoms with van der Waals surface area (Å²) in [6.07, 6.45) is 0. The highest BCUT2D eigenvalue weighted by atomic mass is 19.1. The van der Waals surface area contributed by atoms with Crippen molar-refractivity contribution < 1.29 is 9.13 Å². The first-order valence-electron chi connectivity index (χ1n) is 6.05. The van der Waals surface area contributed by atoms with Crippen molar-refractivity contribution in [3.05, 3.63) is 59.9 Å². The van der Waals surface area contributed by atoms with Gasteiger partial charge in [0, 0.05) is 18.2 Å². The summed E-state index contributed by atoms with van der Waals surface area (Å²) < 4.78 is 19.0. The number of hydrogen-bond donors (Lipinski definition) is 1. The zero-order chi connectivity index (χ0) is 12.4. The van der Waals surface area contributed by atoms with Gasteiger partial charge in [0.15, 0.2) is 11.6 Å². The second-order valence-corrected chi connectivity index (χ2v) is 4.41. The molecular weight excluding hydrogens is 229 g/mol. The average Bonchev–Trinajstić information content (AvgIpc) is 2.81. The number of anilines is 1. The molecule has 0 fully saturated rings. The summed E-state index contributed by atoms with van der Waals surface area (Å²) >= 11 is 0. The van der Waals surface area contributed by atoms with Gasteiger partial charge in [-0.05, 0) is 23.8 Å².